The quantitative estimate of drug-likeness (QED) is 0.848. The molecule has 0 bridgehead atoms. The van der Waals surface area contributed by atoms with Gasteiger partial charge in [0.05, 0.1) is 12.3 Å². The van der Waals surface area contributed by atoms with Crippen LogP contribution in [0, 0.1) is 11.3 Å². The van der Waals surface area contributed by atoms with Crippen LogP contribution in [-0.4, -0.2) is 15.8 Å². The summed E-state index contributed by atoms with van der Waals surface area (Å²) in [7, 11) is 0. The highest BCUT2D eigenvalue weighted by molar-refractivity contribution is 5.18. The van der Waals surface area contributed by atoms with Crippen LogP contribution in [0.25, 0.3) is 0 Å². The van der Waals surface area contributed by atoms with Crippen molar-refractivity contribution in [2.75, 3.05) is 0 Å². The first-order valence-electron chi connectivity index (χ1n) is 6.51. The van der Waals surface area contributed by atoms with E-state index in [1.165, 1.54) is 25.7 Å². The normalized spacial score (nSPS) is 18.1. The van der Waals surface area contributed by atoms with Crippen molar-refractivity contribution in [1.29, 1.82) is 5.26 Å². The van der Waals surface area contributed by atoms with E-state index in [9.17, 15) is 5.26 Å². The summed E-state index contributed by atoms with van der Waals surface area (Å²) in [5, 5.41) is 16.9. The molecular weight excluding hydrogens is 212 g/mol. The molecule has 4 heteroatoms. The lowest BCUT2D eigenvalue weighted by Gasteiger charge is -2.15. The fourth-order valence-electron chi connectivity index (χ4n) is 2.42. The van der Waals surface area contributed by atoms with Gasteiger partial charge in [-0.3, -0.25) is 10.00 Å². The van der Waals surface area contributed by atoms with Crippen LogP contribution in [0.4, 0.5) is 0 Å². The second kappa shape index (κ2) is 5.83. The van der Waals surface area contributed by atoms with Crippen molar-refractivity contribution in [2.24, 2.45) is 0 Å². The molecule has 1 unspecified atom stereocenters. The predicted octanol–water partition coefficient (Wildman–Crippen LogP) is 2.39. The van der Waals surface area contributed by atoms with Gasteiger partial charge in [-0.05, 0) is 19.3 Å². The third-order valence-electron chi connectivity index (χ3n) is 3.33. The molecule has 0 aromatic carbocycles. The molecule has 0 amide bonds. The smallest absolute Gasteiger partial charge is 0.124 e. The highest BCUT2D eigenvalue weighted by Crippen LogP contribution is 2.21. The van der Waals surface area contributed by atoms with Gasteiger partial charge < -0.3 is 0 Å². The second-order valence-corrected chi connectivity index (χ2v) is 4.75. The minimum atomic E-state index is -0.205. The zero-order valence-electron chi connectivity index (χ0n) is 10.4. The molecule has 0 spiro atoms. The Morgan fingerprint density at radius 2 is 2.35 bits per heavy atom. The zero-order chi connectivity index (χ0) is 12.1. The first kappa shape index (κ1) is 12.1. The summed E-state index contributed by atoms with van der Waals surface area (Å²) < 4.78 is 1.91. The first-order valence-corrected chi connectivity index (χ1v) is 6.51. The minimum Gasteiger partial charge on any atom is -0.295 e. The van der Waals surface area contributed by atoms with Gasteiger partial charge in [0.25, 0.3) is 0 Å². The van der Waals surface area contributed by atoms with Crippen LogP contribution in [0.5, 0.6) is 0 Å². The van der Waals surface area contributed by atoms with Crippen LogP contribution in [0.15, 0.2) is 12.4 Å². The molecule has 1 aliphatic carbocycles. The predicted molar refractivity (Wildman–Crippen MR) is 66.3 cm³/mol. The fourth-order valence-corrected chi connectivity index (χ4v) is 2.42. The first-order chi connectivity index (χ1) is 8.33. The highest BCUT2D eigenvalue weighted by Gasteiger charge is 2.20. The summed E-state index contributed by atoms with van der Waals surface area (Å²) in [6, 6.07) is 2.64. The Morgan fingerprint density at radius 1 is 1.59 bits per heavy atom. The number of nitrogens with zero attached hydrogens (tertiary/aromatic N) is 3. The Kier molecular flexibility index (Phi) is 4.16. The van der Waals surface area contributed by atoms with E-state index in [4.69, 9.17) is 0 Å². The second-order valence-electron chi connectivity index (χ2n) is 4.75. The molecule has 4 nitrogen and oxygen atoms in total. The lowest BCUT2D eigenvalue weighted by atomic mass is 10.1. The van der Waals surface area contributed by atoms with E-state index in [-0.39, 0.29) is 6.04 Å². The molecule has 2 rings (SSSR count). The largest absolute Gasteiger partial charge is 0.295 e. The Balaban J connectivity index is 1.98. The van der Waals surface area contributed by atoms with Crippen molar-refractivity contribution < 1.29 is 0 Å². The monoisotopic (exact) mass is 232 g/mol. The SMILES string of the molecule is CCCn1cc(C(C#N)NC2CCCC2)cn1. The summed E-state index contributed by atoms with van der Waals surface area (Å²) in [6.07, 6.45) is 9.82. The molecule has 0 radical (unpaired) electrons. The summed E-state index contributed by atoms with van der Waals surface area (Å²) in [6.45, 7) is 3.04. The summed E-state index contributed by atoms with van der Waals surface area (Å²) in [5.41, 5.74) is 0.993. The maximum atomic E-state index is 9.23. The van der Waals surface area contributed by atoms with Crippen LogP contribution in [0.3, 0.4) is 0 Å². The highest BCUT2D eigenvalue weighted by atomic mass is 15.3. The van der Waals surface area contributed by atoms with E-state index in [1.54, 1.807) is 0 Å². The lowest BCUT2D eigenvalue weighted by molar-refractivity contribution is 0.491. The van der Waals surface area contributed by atoms with Gasteiger partial charge in [-0.15, -0.1) is 0 Å². The van der Waals surface area contributed by atoms with E-state index in [0.29, 0.717) is 6.04 Å². The minimum absolute atomic E-state index is 0.205. The molecule has 1 saturated carbocycles. The van der Waals surface area contributed by atoms with Crippen molar-refractivity contribution in [3.63, 3.8) is 0 Å². The molecule has 1 aromatic heterocycles. The molecule has 1 atom stereocenters. The van der Waals surface area contributed by atoms with E-state index < -0.39 is 0 Å². The van der Waals surface area contributed by atoms with Crippen LogP contribution < -0.4 is 5.32 Å². The number of aryl methyl sites for hydroxylation is 1. The van der Waals surface area contributed by atoms with E-state index in [0.717, 1.165) is 18.5 Å². The van der Waals surface area contributed by atoms with Crippen LogP contribution in [0.2, 0.25) is 0 Å². The maximum Gasteiger partial charge on any atom is 0.124 e. The lowest BCUT2D eigenvalue weighted by Crippen LogP contribution is -2.29. The van der Waals surface area contributed by atoms with E-state index in [1.807, 2.05) is 17.1 Å². The fraction of sp³-hybridized carbons (Fsp3) is 0.692. The third-order valence-corrected chi connectivity index (χ3v) is 3.33. The van der Waals surface area contributed by atoms with Gasteiger partial charge in [0, 0.05) is 24.3 Å². The van der Waals surface area contributed by atoms with Crippen LogP contribution in [-0.2, 0) is 6.54 Å². The summed E-state index contributed by atoms with van der Waals surface area (Å²) in [4.78, 5) is 0. The van der Waals surface area contributed by atoms with Crippen molar-refractivity contribution in [3.05, 3.63) is 18.0 Å². The Labute approximate surface area is 103 Å². The van der Waals surface area contributed by atoms with Gasteiger partial charge in [0.1, 0.15) is 6.04 Å². The van der Waals surface area contributed by atoms with Crippen molar-refractivity contribution in [1.82, 2.24) is 15.1 Å². The summed E-state index contributed by atoms with van der Waals surface area (Å²) >= 11 is 0. The molecule has 0 saturated heterocycles. The molecule has 1 fully saturated rings. The van der Waals surface area contributed by atoms with Crippen molar-refractivity contribution in [3.8, 4) is 6.07 Å². The van der Waals surface area contributed by atoms with Gasteiger partial charge in [0.2, 0.25) is 0 Å². The number of hydrogen-bond acceptors (Lipinski definition) is 3. The zero-order valence-corrected chi connectivity index (χ0v) is 10.4. The molecule has 1 aliphatic rings. The summed E-state index contributed by atoms with van der Waals surface area (Å²) in [5.74, 6) is 0. The number of rotatable bonds is 5. The van der Waals surface area contributed by atoms with Gasteiger partial charge in [0.15, 0.2) is 0 Å². The van der Waals surface area contributed by atoms with Crippen LogP contribution in [0.1, 0.15) is 50.6 Å². The van der Waals surface area contributed by atoms with Crippen molar-refractivity contribution >= 4 is 0 Å². The number of aromatic nitrogens is 2. The average Bonchev–Trinajstić information content (AvgIpc) is 2.97. The molecule has 1 heterocycles. The third kappa shape index (κ3) is 3.07. The standard InChI is InChI=1S/C13H20N4/c1-2-7-17-10-11(9-15-17)13(8-14)16-12-5-3-4-6-12/h9-10,12-13,16H,2-7H2,1H3. The number of nitriles is 1. The van der Waals surface area contributed by atoms with E-state index in [2.05, 4.69) is 23.4 Å². The van der Waals surface area contributed by atoms with Gasteiger partial charge in [-0.2, -0.15) is 10.4 Å². The Hall–Kier alpha value is -1.34. The van der Waals surface area contributed by atoms with Gasteiger partial charge in [-0.1, -0.05) is 19.8 Å². The molecule has 92 valence electrons. The number of nitrogens with one attached hydrogen (secondary N) is 1. The maximum absolute atomic E-state index is 9.23. The topological polar surface area (TPSA) is 53.6 Å². The molecular formula is C13H20N4. The Morgan fingerprint density at radius 3 is 3.00 bits per heavy atom. The van der Waals surface area contributed by atoms with E-state index >= 15 is 0 Å². The van der Waals surface area contributed by atoms with Crippen LogP contribution >= 0.6 is 0 Å². The van der Waals surface area contributed by atoms with Gasteiger partial charge in [-0.25, -0.2) is 0 Å². The average molecular weight is 232 g/mol. The van der Waals surface area contributed by atoms with Gasteiger partial charge >= 0.3 is 0 Å². The molecule has 17 heavy (non-hydrogen) atoms. The molecule has 1 aromatic rings. The Bertz CT molecular complexity index is 384. The molecule has 0 aliphatic heterocycles. The number of hydrogen-bond donors (Lipinski definition) is 1. The molecule has 1 N–H and O–H groups in total. The van der Waals surface area contributed by atoms with Crippen molar-refractivity contribution in [2.45, 2.75) is 57.7 Å².